The van der Waals surface area contributed by atoms with Crippen LogP contribution >= 0.6 is 0 Å². The third-order valence-electron chi connectivity index (χ3n) is 5.21. The van der Waals surface area contributed by atoms with Crippen LogP contribution in [0.2, 0.25) is 0 Å². The molecule has 2 aromatic rings. The molecule has 0 unspecified atom stereocenters. The molecule has 10 nitrogen and oxygen atoms in total. The van der Waals surface area contributed by atoms with E-state index in [2.05, 4.69) is 10.3 Å². The molecule has 2 atom stereocenters. The number of carboxylic acids is 2. The first-order valence-corrected chi connectivity index (χ1v) is 10.3. The molecule has 1 aromatic heterocycles. The Morgan fingerprint density at radius 2 is 1.91 bits per heavy atom. The van der Waals surface area contributed by atoms with Crippen molar-refractivity contribution in [2.24, 2.45) is 0 Å². The van der Waals surface area contributed by atoms with Crippen LogP contribution in [0.3, 0.4) is 0 Å². The Labute approximate surface area is 184 Å². The zero-order chi connectivity index (χ0) is 23.6. The number of nitrogens with zero attached hydrogens (tertiary/aromatic N) is 1. The molecule has 2 amide bonds. The summed E-state index contributed by atoms with van der Waals surface area (Å²) in [5.74, 6) is -2.99. The number of nitrogens with one attached hydrogen (secondary N) is 2. The highest BCUT2D eigenvalue weighted by atomic mass is 16.6. The lowest BCUT2D eigenvalue weighted by atomic mass is 9.95. The molecular formula is C22H27N3O7. The lowest BCUT2D eigenvalue weighted by Crippen LogP contribution is -2.56. The van der Waals surface area contributed by atoms with Crippen LogP contribution in [0.25, 0.3) is 10.9 Å². The van der Waals surface area contributed by atoms with Crippen LogP contribution in [-0.2, 0) is 32.1 Å². The number of aliphatic carboxylic acids is 2. The number of aromatic amines is 1. The Morgan fingerprint density at radius 3 is 2.53 bits per heavy atom. The maximum atomic E-state index is 13.3. The zero-order valence-electron chi connectivity index (χ0n) is 18.2. The third-order valence-corrected chi connectivity index (χ3v) is 5.21. The number of para-hydroxylation sites is 1. The Morgan fingerprint density at radius 1 is 1.22 bits per heavy atom. The second kappa shape index (κ2) is 8.89. The molecule has 0 fully saturated rings. The molecule has 172 valence electrons. The number of H-pyrrole nitrogens is 1. The van der Waals surface area contributed by atoms with Gasteiger partial charge in [-0.2, -0.15) is 0 Å². The molecule has 0 radical (unpaired) electrons. The van der Waals surface area contributed by atoms with Crippen LogP contribution in [0.1, 0.15) is 44.9 Å². The smallest absolute Gasteiger partial charge is 0.408 e. The summed E-state index contributed by atoms with van der Waals surface area (Å²) in [6, 6.07) is 5.08. The largest absolute Gasteiger partial charge is 0.481 e. The van der Waals surface area contributed by atoms with Crippen LogP contribution < -0.4 is 5.32 Å². The Kier molecular flexibility index (Phi) is 6.42. The van der Waals surface area contributed by atoms with Crippen molar-refractivity contribution in [2.75, 3.05) is 0 Å². The second-order valence-corrected chi connectivity index (χ2v) is 8.78. The summed E-state index contributed by atoms with van der Waals surface area (Å²) >= 11 is 0. The summed E-state index contributed by atoms with van der Waals surface area (Å²) in [5, 5.41) is 22.2. The van der Waals surface area contributed by atoms with Crippen molar-refractivity contribution in [1.82, 2.24) is 15.2 Å². The first-order valence-electron chi connectivity index (χ1n) is 10.3. The fourth-order valence-electron chi connectivity index (χ4n) is 3.84. The number of ether oxygens (including phenoxy) is 1. The van der Waals surface area contributed by atoms with E-state index in [1.165, 1.54) is 4.90 Å². The van der Waals surface area contributed by atoms with E-state index >= 15 is 0 Å². The standard InChI is InChI=1S/C22H27N3O7/c1-22(2,3)32-21(31)24-15(8-9-18(26)27)19(28)25-11-16-13(10-17(25)20(29)30)12-6-4-5-7-14(12)23-16/h4-7,15,17,23H,8-11H2,1-3H3,(H,24,31)(H,26,27)(H,29,30)/t15-,17-/m0/s1. The number of rotatable bonds is 6. The van der Waals surface area contributed by atoms with Crippen molar-refractivity contribution >= 4 is 34.8 Å². The second-order valence-electron chi connectivity index (χ2n) is 8.78. The Balaban J connectivity index is 1.89. The SMILES string of the molecule is CC(C)(C)OC(=O)N[C@@H](CCC(=O)O)C(=O)N1Cc2[nH]c3ccccc3c2C[C@H]1C(=O)O. The summed E-state index contributed by atoms with van der Waals surface area (Å²) in [6.45, 7) is 4.97. The summed E-state index contributed by atoms with van der Waals surface area (Å²) in [5.41, 5.74) is 1.56. The number of carboxylic acid groups (broad SMARTS) is 2. The predicted molar refractivity (Wildman–Crippen MR) is 114 cm³/mol. The van der Waals surface area contributed by atoms with Gasteiger partial charge in [0.15, 0.2) is 0 Å². The molecule has 2 heterocycles. The number of hydrogen-bond acceptors (Lipinski definition) is 5. The van der Waals surface area contributed by atoms with Crippen molar-refractivity contribution in [2.45, 2.75) is 64.3 Å². The molecule has 1 aliphatic rings. The van der Waals surface area contributed by atoms with Gasteiger partial charge in [-0.1, -0.05) is 18.2 Å². The van der Waals surface area contributed by atoms with Gasteiger partial charge in [-0.05, 0) is 38.8 Å². The molecule has 32 heavy (non-hydrogen) atoms. The minimum Gasteiger partial charge on any atom is -0.481 e. The number of aromatic nitrogens is 1. The molecule has 0 bridgehead atoms. The van der Waals surface area contributed by atoms with E-state index in [4.69, 9.17) is 9.84 Å². The molecule has 0 saturated carbocycles. The third kappa shape index (κ3) is 5.19. The van der Waals surface area contributed by atoms with Crippen molar-refractivity contribution < 1.29 is 34.1 Å². The lowest BCUT2D eigenvalue weighted by molar-refractivity contribution is -0.152. The van der Waals surface area contributed by atoms with E-state index in [1.54, 1.807) is 20.8 Å². The van der Waals surface area contributed by atoms with Gasteiger partial charge in [0.05, 0.1) is 6.54 Å². The highest BCUT2D eigenvalue weighted by molar-refractivity contribution is 5.92. The van der Waals surface area contributed by atoms with Crippen LogP contribution in [-0.4, -0.2) is 61.7 Å². The summed E-state index contributed by atoms with van der Waals surface area (Å²) in [7, 11) is 0. The van der Waals surface area contributed by atoms with Gasteiger partial charge in [-0.3, -0.25) is 9.59 Å². The van der Waals surface area contributed by atoms with Crippen LogP contribution in [0, 0.1) is 0 Å². The van der Waals surface area contributed by atoms with Gasteiger partial charge in [-0.15, -0.1) is 0 Å². The summed E-state index contributed by atoms with van der Waals surface area (Å²) in [4.78, 5) is 53.1. The minimum atomic E-state index is -1.24. The quantitative estimate of drug-likeness (QED) is 0.533. The van der Waals surface area contributed by atoms with Gasteiger partial charge in [0.25, 0.3) is 0 Å². The predicted octanol–water partition coefficient (Wildman–Crippen LogP) is 2.26. The van der Waals surface area contributed by atoms with Gasteiger partial charge in [-0.25, -0.2) is 9.59 Å². The van der Waals surface area contributed by atoms with Crippen molar-refractivity contribution in [3.8, 4) is 0 Å². The van der Waals surface area contributed by atoms with Crippen LogP contribution in [0.15, 0.2) is 24.3 Å². The number of carbonyl (C=O) groups excluding carboxylic acids is 2. The molecular weight excluding hydrogens is 418 g/mol. The van der Waals surface area contributed by atoms with Crippen molar-refractivity contribution in [3.05, 3.63) is 35.5 Å². The van der Waals surface area contributed by atoms with Gasteiger partial charge in [0, 0.05) is 29.4 Å². The number of alkyl carbamates (subject to hydrolysis) is 1. The van der Waals surface area contributed by atoms with Gasteiger partial charge in [0.2, 0.25) is 5.91 Å². The number of fused-ring (bicyclic) bond motifs is 3. The molecule has 0 spiro atoms. The maximum Gasteiger partial charge on any atom is 0.408 e. The average molecular weight is 445 g/mol. The van der Waals surface area contributed by atoms with Gasteiger partial charge >= 0.3 is 18.0 Å². The van der Waals surface area contributed by atoms with E-state index in [0.29, 0.717) is 5.69 Å². The van der Waals surface area contributed by atoms with Crippen LogP contribution in [0.5, 0.6) is 0 Å². The molecule has 1 aliphatic heterocycles. The Hall–Kier alpha value is -3.56. The fraction of sp³-hybridized carbons (Fsp3) is 0.455. The maximum absolute atomic E-state index is 13.3. The van der Waals surface area contributed by atoms with E-state index in [9.17, 15) is 24.3 Å². The summed E-state index contributed by atoms with van der Waals surface area (Å²) < 4.78 is 5.19. The molecule has 4 N–H and O–H groups in total. The van der Waals surface area contributed by atoms with E-state index in [-0.39, 0.29) is 25.8 Å². The molecule has 10 heteroatoms. The topological polar surface area (TPSA) is 149 Å². The average Bonchev–Trinajstić information content (AvgIpc) is 3.05. The highest BCUT2D eigenvalue weighted by Crippen LogP contribution is 2.31. The molecule has 0 saturated heterocycles. The molecule has 1 aromatic carbocycles. The number of benzene rings is 1. The van der Waals surface area contributed by atoms with Crippen molar-refractivity contribution in [3.63, 3.8) is 0 Å². The fourth-order valence-corrected chi connectivity index (χ4v) is 3.84. The first-order chi connectivity index (χ1) is 15.0. The lowest BCUT2D eigenvalue weighted by Gasteiger charge is -2.35. The minimum absolute atomic E-state index is 0.000612. The van der Waals surface area contributed by atoms with Gasteiger partial charge in [0.1, 0.15) is 17.7 Å². The number of amides is 2. The van der Waals surface area contributed by atoms with Crippen LogP contribution in [0.4, 0.5) is 4.79 Å². The Bertz CT molecular complexity index is 1050. The van der Waals surface area contributed by atoms with Crippen molar-refractivity contribution in [1.29, 1.82) is 0 Å². The summed E-state index contributed by atoms with van der Waals surface area (Å²) in [6.07, 6.45) is -1.36. The van der Waals surface area contributed by atoms with E-state index < -0.39 is 41.6 Å². The number of hydrogen-bond donors (Lipinski definition) is 4. The molecule has 0 aliphatic carbocycles. The normalized spacial score (nSPS) is 16.8. The van der Waals surface area contributed by atoms with E-state index in [1.807, 2.05) is 24.3 Å². The monoisotopic (exact) mass is 445 g/mol. The first kappa shape index (κ1) is 23.1. The molecule has 3 rings (SSSR count). The highest BCUT2D eigenvalue weighted by Gasteiger charge is 2.39. The zero-order valence-corrected chi connectivity index (χ0v) is 18.2. The number of carbonyl (C=O) groups is 4. The van der Waals surface area contributed by atoms with E-state index in [0.717, 1.165) is 16.5 Å². The van der Waals surface area contributed by atoms with Gasteiger partial charge < -0.3 is 30.2 Å².